The van der Waals surface area contributed by atoms with Crippen LogP contribution in [0.3, 0.4) is 0 Å². The average molecular weight is 281 g/mol. The highest BCUT2D eigenvalue weighted by Crippen LogP contribution is 2.37. The molecule has 21 heavy (non-hydrogen) atoms. The zero-order chi connectivity index (χ0) is 14.7. The topological polar surface area (TPSA) is 37.8 Å². The van der Waals surface area contributed by atoms with Gasteiger partial charge in [0.15, 0.2) is 0 Å². The van der Waals surface area contributed by atoms with E-state index in [2.05, 4.69) is 43.4 Å². The number of rotatable bonds is 5. The lowest BCUT2D eigenvalue weighted by molar-refractivity contribution is 0.402. The molecule has 1 aliphatic rings. The van der Waals surface area contributed by atoms with E-state index in [-0.39, 0.29) is 0 Å². The molecule has 3 rings (SSSR count). The van der Waals surface area contributed by atoms with E-state index in [9.17, 15) is 0 Å². The Morgan fingerprint density at radius 1 is 1.14 bits per heavy atom. The van der Waals surface area contributed by atoms with Crippen LogP contribution in [0.4, 0.5) is 5.82 Å². The first-order valence-electron chi connectivity index (χ1n) is 7.97. The first-order chi connectivity index (χ1) is 10.3. The summed E-state index contributed by atoms with van der Waals surface area (Å²) in [5, 5.41) is 3.47. The Hall–Kier alpha value is -1.90. The van der Waals surface area contributed by atoms with E-state index in [4.69, 9.17) is 9.97 Å². The van der Waals surface area contributed by atoms with E-state index in [1.54, 1.807) is 0 Å². The molecular formula is C18H23N3. The van der Waals surface area contributed by atoms with Crippen LogP contribution < -0.4 is 5.32 Å². The minimum atomic E-state index is 0.551. The van der Waals surface area contributed by atoms with Gasteiger partial charge in [0.1, 0.15) is 11.6 Å². The van der Waals surface area contributed by atoms with Gasteiger partial charge in [-0.15, -0.1) is 0 Å². The van der Waals surface area contributed by atoms with Gasteiger partial charge in [0, 0.05) is 23.6 Å². The molecular weight excluding hydrogens is 258 g/mol. The van der Waals surface area contributed by atoms with Crippen molar-refractivity contribution in [3.8, 4) is 11.3 Å². The van der Waals surface area contributed by atoms with Crippen molar-refractivity contribution in [1.82, 2.24) is 9.97 Å². The number of hydrogen-bond acceptors (Lipinski definition) is 3. The normalized spacial score (nSPS) is 14.8. The highest BCUT2D eigenvalue weighted by atomic mass is 15.0. The van der Waals surface area contributed by atoms with Gasteiger partial charge in [-0.25, -0.2) is 9.97 Å². The van der Waals surface area contributed by atoms with Crippen molar-refractivity contribution >= 4 is 5.82 Å². The molecule has 0 spiro atoms. The van der Waals surface area contributed by atoms with Crippen molar-refractivity contribution < 1.29 is 0 Å². The lowest BCUT2D eigenvalue weighted by Gasteiger charge is -2.25. The Morgan fingerprint density at radius 3 is 2.52 bits per heavy atom. The molecule has 1 aliphatic carbocycles. The molecule has 0 bridgehead atoms. The first kappa shape index (κ1) is 14.1. The molecule has 1 fully saturated rings. The smallest absolute Gasteiger partial charge is 0.134 e. The summed E-state index contributed by atoms with van der Waals surface area (Å²) >= 11 is 0. The Labute approximate surface area is 126 Å². The van der Waals surface area contributed by atoms with Gasteiger partial charge in [0.25, 0.3) is 0 Å². The standard InChI is InChI=1S/C18H23N3/c1-3-12-19-17-13(2)16(14-8-5-4-6-9-14)20-18(21-17)15-10-7-11-15/h4-6,8-9,15H,3,7,10-12H2,1-2H3,(H,19,20,21). The molecule has 3 heteroatoms. The van der Waals surface area contributed by atoms with Crippen LogP contribution in [0.5, 0.6) is 0 Å². The molecule has 0 saturated heterocycles. The number of anilines is 1. The zero-order valence-corrected chi connectivity index (χ0v) is 12.9. The Kier molecular flexibility index (Phi) is 4.18. The van der Waals surface area contributed by atoms with E-state index in [1.165, 1.54) is 24.8 Å². The van der Waals surface area contributed by atoms with Crippen LogP contribution in [0, 0.1) is 6.92 Å². The zero-order valence-electron chi connectivity index (χ0n) is 12.9. The minimum Gasteiger partial charge on any atom is -0.370 e. The van der Waals surface area contributed by atoms with Crippen LogP contribution >= 0.6 is 0 Å². The number of benzene rings is 1. The van der Waals surface area contributed by atoms with Crippen molar-refractivity contribution in [2.24, 2.45) is 0 Å². The van der Waals surface area contributed by atoms with E-state index < -0.39 is 0 Å². The Balaban J connectivity index is 2.04. The molecule has 110 valence electrons. The van der Waals surface area contributed by atoms with Gasteiger partial charge in [-0.3, -0.25) is 0 Å². The molecule has 1 saturated carbocycles. The predicted molar refractivity (Wildman–Crippen MR) is 87.6 cm³/mol. The molecule has 1 aromatic carbocycles. The molecule has 0 radical (unpaired) electrons. The van der Waals surface area contributed by atoms with Gasteiger partial charge in [-0.05, 0) is 26.2 Å². The maximum atomic E-state index is 4.88. The van der Waals surface area contributed by atoms with E-state index in [0.29, 0.717) is 5.92 Å². The summed E-state index contributed by atoms with van der Waals surface area (Å²) in [5.74, 6) is 2.58. The maximum absolute atomic E-state index is 4.88. The van der Waals surface area contributed by atoms with Gasteiger partial charge in [0.2, 0.25) is 0 Å². The van der Waals surface area contributed by atoms with Crippen molar-refractivity contribution in [2.45, 2.75) is 45.4 Å². The summed E-state index contributed by atoms with van der Waals surface area (Å²) in [5.41, 5.74) is 3.40. The summed E-state index contributed by atoms with van der Waals surface area (Å²) in [7, 11) is 0. The van der Waals surface area contributed by atoms with Crippen LogP contribution in [0.2, 0.25) is 0 Å². The Morgan fingerprint density at radius 2 is 1.90 bits per heavy atom. The highest BCUT2D eigenvalue weighted by molar-refractivity contribution is 5.68. The van der Waals surface area contributed by atoms with Crippen molar-refractivity contribution in [1.29, 1.82) is 0 Å². The van der Waals surface area contributed by atoms with Gasteiger partial charge >= 0.3 is 0 Å². The van der Waals surface area contributed by atoms with Crippen molar-refractivity contribution in [3.05, 3.63) is 41.7 Å². The monoisotopic (exact) mass is 281 g/mol. The largest absolute Gasteiger partial charge is 0.370 e. The second-order valence-electron chi connectivity index (χ2n) is 5.82. The third-order valence-corrected chi connectivity index (χ3v) is 4.22. The lowest BCUT2D eigenvalue weighted by atomic mass is 9.84. The molecule has 3 nitrogen and oxygen atoms in total. The molecule has 1 heterocycles. The van der Waals surface area contributed by atoms with Gasteiger partial charge in [-0.2, -0.15) is 0 Å². The molecule has 1 aromatic heterocycles. The van der Waals surface area contributed by atoms with Crippen LogP contribution in [0.25, 0.3) is 11.3 Å². The van der Waals surface area contributed by atoms with Crippen molar-refractivity contribution in [3.63, 3.8) is 0 Å². The number of nitrogens with one attached hydrogen (secondary N) is 1. The molecule has 1 N–H and O–H groups in total. The third kappa shape index (κ3) is 2.92. The van der Waals surface area contributed by atoms with Gasteiger partial charge < -0.3 is 5.32 Å². The molecule has 0 atom stereocenters. The SMILES string of the molecule is CCCNc1nc(C2CCC2)nc(-c2ccccc2)c1C. The van der Waals surface area contributed by atoms with Crippen LogP contribution in [0.15, 0.2) is 30.3 Å². The minimum absolute atomic E-state index is 0.551. The fourth-order valence-electron chi connectivity index (χ4n) is 2.68. The summed E-state index contributed by atoms with van der Waals surface area (Å²) in [6, 6.07) is 10.4. The summed E-state index contributed by atoms with van der Waals surface area (Å²) in [4.78, 5) is 9.68. The third-order valence-electron chi connectivity index (χ3n) is 4.22. The molecule has 2 aromatic rings. The fraction of sp³-hybridized carbons (Fsp3) is 0.444. The number of hydrogen-bond donors (Lipinski definition) is 1. The second kappa shape index (κ2) is 6.25. The van der Waals surface area contributed by atoms with E-state index in [1.807, 2.05) is 6.07 Å². The van der Waals surface area contributed by atoms with Crippen LogP contribution in [-0.4, -0.2) is 16.5 Å². The van der Waals surface area contributed by atoms with Gasteiger partial charge in [-0.1, -0.05) is 43.7 Å². The van der Waals surface area contributed by atoms with Crippen LogP contribution in [-0.2, 0) is 0 Å². The molecule has 0 unspecified atom stereocenters. The summed E-state index contributed by atoms with van der Waals surface area (Å²) in [6.07, 6.45) is 4.86. The molecule has 0 amide bonds. The lowest BCUT2D eigenvalue weighted by Crippen LogP contribution is -2.16. The van der Waals surface area contributed by atoms with Gasteiger partial charge in [0.05, 0.1) is 5.69 Å². The molecule has 0 aliphatic heterocycles. The number of nitrogens with zero attached hydrogens (tertiary/aromatic N) is 2. The van der Waals surface area contributed by atoms with E-state index in [0.717, 1.165) is 35.9 Å². The number of aromatic nitrogens is 2. The fourth-order valence-corrected chi connectivity index (χ4v) is 2.68. The second-order valence-corrected chi connectivity index (χ2v) is 5.82. The van der Waals surface area contributed by atoms with E-state index >= 15 is 0 Å². The first-order valence-corrected chi connectivity index (χ1v) is 7.97. The summed E-state index contributed by atoms with van der Waals surface area (Å²) < 4.78 is 0. The average Bonchev–Trinajstić information content (AvgIpc) is 2.46. The summed E-state index contributed by atoms with van der Waals surface area (Å²) in [6.45, 7) is 5.25. The Bertz CT molecular complexity index is 603. The van der Waals surface area contributed by atoms with Crippen molar-refractivity contribution in [2.75, 3.05) is 11.9 Å². The van der Waals surface area contributed by atoms with Crippen LogP contribution in [0.1, 0.15) is 49.9 Å². The highest BCUT2D eigenvalue weighted by Gasteiger charge is 2.24. The predicted octanol–water partition coefficient (Wildman–Crippen LogP) is 4.54. The quantitative estimate of drug-likeness (QED) is 0.874. The maximum Gasteiger partial charge on any atom is 0.134 e.